The van der Waals surface area contributed by atoms with E-state index in [9.17, 15) is 14.4 Å². The van der Waals surface area contributed by atoms with Crippen LogP contribution in [0.1, 0.15) is 58.4 Å². The van der Waals surface area contributed by atoms with Crippen molar-refractivity contribution in [3.63, 3.8) is 0 Å². The van der Waals surface area contributed by atoms with Crippen LogP contribution in [-0.4, -0.2) is 42.0 Å². The highest BCUT2D eigenvalue weighted by Gasteiger charge is 2.29. The lowest BCUT2D eigenvalue weighted by Gasteiger charge is -2.26. The van der Waals surface area contributed by atoms with Gasteiger partial charge in [-0.1, -0.05) is 30.3 Å². The summed E-state index contributed by atoms with van der Waals surface area (Å²) in [6, 6.07) is 8.93. The van der Waals surface area contributed by atoms with Crippen molar-refractivity contribution in [1.29, 1.82) is 0 Å². The normalized spacial score (nSPS) is 12.3. The Bertz CT molecular complexity index is 580. The number of nitrogens with zero attached hydrogens (tertiary/aromatic N) is 1. The highest BCUT2D eigenvalue weighted by atomic mass is 16.7. The number of hydrogen-bond acceptors (Lipinski definition) is 5. The van der Waals surface area contributed by atoms with Crippen molar-refractivity contribution in [2.75, 3.05) is 13.2 Å². The number of ketones is 1. The molecule has 1 aromatic carbocycles. The number of amides is 1. The molecule has 1 unspecified atom stereocenters. The highest BCUT2D eigenvalue weighted by Crippen LogP contribution is 2.21. The summed E-state index contributed by atoms with van der Waals surface area (Å²) in [5.74, 6) is -1.59. The average Bonchev–Trinajstić information content (AvgIpc) is 2.58. The van der Waals surface area contributed by atoms with Gasteiger partial charge in [-0.15, -0.1) is 0 Å². The summed E-state index contributed by atoms with van der Waals surface area (Å²) in [6.07, 6.45) is 2.03. The molecule has 6 nitrogen and oxygen atoms in total. The smallest absolute Gasteiger partial charge is 0.321 e. The number of hydroxylamine groups is 2. The molecule has 0 saturated heterocycles. The van der Waals surface area contributed by atoms with Crippen LogP contribution in [0, 0.1) is 0 Å². The number of hydrogen-bond donors (Lipinski definition) is 0. The quantitative estimate of drug-likeness (QED) is 0.198. The minimum atomic E-state index is -0.899. The number of rotatable bonds is 11. The van der Waals surface area contributed by atoms with Crippen molar-refractivity contribution in [3.8, 4) is 0 Å². The van der Waals surface area contributed by atoms with Crippen molar-refractivity contribution in [2.45, 2.75) is 58.5 Å². The second-order valence-electron chi connectivity index (χ2n) is 6.97. The van der Waals surface area contributed by atoms with E-state index in [-0.39, 0.29) is 18.8 Å². The van der Waals surface area contributed by atoms with Crippen LogP contribution in [0.15, 0.2) is 30.3 Å². The predicted octanol–water partition coefficient (Wildman–Crippen LogP) is 3.26. The molecule has 0 spiro atoms. The van der Waals surface area contributed by atoms with Gasteiger partial charge in [0.1, 0.15) is 5.92 Å². The monoisotopic (exact) mass is 363 g/mol. The Morgan fingerprint density at radius 1 is 1.15 bits per heavy atom. The number of carbonyl (C=O) groups excluding carboxylic acids is 3. The Labute approximate surface area is 155 Å². The van der Waals surface area contributed by atoms with Crippen molar-refractivity contribution in [1.82, 2.24) is 5.06 Å². The third kappa shape index (κ3) is 7.78. The van der Waals surface area contributed by atoms with Gasteiger partial charge in [0.15, 0.2) is 5.78 Å². The van der Waals surface area contributed by atoms with E-state index in [4.69, 9.17) is 9.57 Å². The lowest BCUT2D eigenvalue weighted by molar-refractivity contribution is -0.216. The molecule has 0 heterocycles. The molecule has 0 aliphatic heterocycles. The number of benzene rings is 1. The minimum absolute atomic E-state index is 0.177. The SMILES string of the molecule is CCOC(=O)C(C(=O)CCCCN(C=O)OC(C)(C)C)c1ccccc1. The fourth-order valence-electron chi connectivity index (χ4n) is 2.51. The zero-order valence-electron chi connectivity index (χ0n) is 16.1. The standard InChI is InChI=1S/C20H29NO5/c1-5-25-19(24)18(16-11-7-6-8-12-16)17(23)13-9-10-14-21(15-22)26-20(2,3)4/h6-8,11-12,15,18H,5,9-10,13-14H2,1-4H3. The molecule has 1 rings (SSSR count). The first kappa shape index (κ1) is 21.8. The summed E-state index contributed by atoms with van der Waals surface area (Å²) < 4.78 is 5.06. The molecule has 1 atom stereocenters. The Hall–Kier alpha value is -2.21. The second-order valence-corrected chi connectivity index (χ2v) is 6.97. The van der Waals surface area contributed by atoms with Gasteiger partial charge in [-0.2, -0.15) is 0 Å². The molecule has 0 aliphatic carbocycles. The van der Waals surface area contributed by atoms with Gasteiger partial charge >= 0.3 is 5.97 Å². The summed E-state index contributed by atoms with van der Waals surface area (Å²) in [6.45, 7) is 7.91. The van der Waals surface area contributed by atoms with Crippen LogP contribution >= 0.6 is 0 Å². The maximum atomic E-state index is 12.6. The number of Topliss-reactive ketones (excluding diaryl/α,β-unsaturated/α-hetero) is 1. The van der Waals surface area contributed by atoms with E-state index in [0.29, 0.717) is 31.4 Å². The van der Waals surface area contributed by atoms with E-state index >= 15 is 0 Å². The van der Waals surface area contributed by atoms with E-state index in [2.05, 4.69) is 0 Å². The molecule has 1 aromatic rings. The van der Waals surface area contributed by atoms with Crippen LogP contribution in [0.5, 0.6) is 0 Å². The molecule has 6 heteroatoms. The first-order valence-electron chi connectivity index (χ1n) is 8.94. The Balaban J connectivity index is 2.59. The number of carbonyl (C=O) groups is 3. The molecule has 0 aliphatic rings. The predicted molar refractivity (Wildman–Crippen MR) is 98.3 cm³/mol. The van der Waals surface area contributed by atoms with Gasteiger partial charge in [0.25, 0.3) is 0 Å². The molecular weight excluding hydrogens is 334 g/mol. The first-order chi connectivity index (χ1) is 12.3. The molecule has 1 amide bonds. The Morgan fingerprint density at radius 3 is 2.35 bits per heavy atom. The van der Waals surface area contributed by atoms with Gasteiger partial charge < -0.3 is 4.74 Å². The second kappa shape index (κ2) is 10.7. The largest absolute Gasteiger partial charge is 0.465 e. The fraction of sp³-hybridized carbons (Fsp3) is 0.550. The third-order valence-electron chi connectivity index (χ3n) is 3.54. The van der Waals surface area contributed by atoms with Crippen LogP contribution in [0.3, 0.4) is 0 Å². The molecule has 0 radical (unpaired) electrons. The summed E-state index contributed by atoms with van der Waals surface area (Å²) in [5.41, 5.74) is 0.181. The van der Waals surface area contributed by atoms with E-state index in [1.807, 2.05) is 26.8 Å². The Morgan fingerprint density at radius 2 is 1.81 bits per heavy atom. The van der Waals surface area contributed by atoms with Crippen LogP contribution < -0.4 is 0 Å². The molecule has 0 fully saturated rings. The van der Waals surface area contributed by atoms with Gasteiger partial charge in [-0.05, 0) is 46.1 Å². The van der Waals surface area contributed by atoms with Crippen LogP contribution in [-0.2, 0) is 24.0 Å². The van der Waals surface area contributed by atoms with Crippen molar-refractivity contribution in [3.05, 3.63) is 35.9 Å². The molecule has 0 saturated carbocycles. The average molecular weight is 363 g/mol. The Kier molecular flexibility index (Phi) is 8.99. The molecular formula is C20H29NO5. The summed E-state index contributed by atoms with van der Waals surface area (Å²) in [7, 11) is 0. The summed E-state index contributed by atoms with van der Waals surface area (Å²) in [5, 5.41) is 1.24. The van der Waals surface area contributed by atoms with E-state index < -0.39 is 17.5 Å². The summed E-state index contributed by atoms with van der Waals surface area (Å²) in [4.78, 5) is 41.3. The lowest BCUT2D eigenvalue weighted by Crippen LogP contribution is -2.33. The van der Waals surface area contributed by atoms with Crippen molar-refractivity contribution < 1.29 is 24.0 Å². The van der Waals surface area contributed by atoms with Crippen LogP contribution in [0.25, 0.3) is 0 Å². The maximum absolute atomic E-state index is 12.6. The molecule has 0 bridgehead atoms. The molecule has 26 heavy (non-hydrogen) atoms. The van der Waals surface area contributed by atoms with Gasteiger partial charge in [0.05, 0.1) is 12.2 Å². The number of unbranched alkanes of at least 4 members (excludes halogenated alkanes) is 1. The third-order valence-corrected chi connectivity index (χ3v) is 3.54. The van der Waals surface area contributed by atoms with Gasteiger partial charge in [0.2, 0.25) is 6.41 Å². The topological polar surface area (TPSA) is 72.9 Å². The summed E-state index contributed by atoms with van der Waals surface area (Å²) >= 11 is 0. The number of esters is 1. The van der Waals surface area contributed by atoms with E-state index in [1.165, 1.54) is 5.06 Å². The van der Waals surface area contributed by atoms with Gasteiger partial charge in [-0.3, -0.25) is 19.2 Å². The van der Waals surface area contributed by atoms with Crippen molar-refractivity contribution in [2.24, 2.45) is 0 Å². The molecule has 144 valence electrons. The van der Waals surface area contributed by atoms with Gasteiger partial charge in [-0.25, -0.2) is 5.06 Å². The zero-order chi connectivity index (χ0) is 19.6. The maximum Gasteiger partial charge on any atom is 0.321 e. The highest BCUT2D eigenvalue weighted by molar-refractivity contribution is 6.04. The zero-order valence-corrected chi connectivity index (χ0v) is 16.1. The van der Waals surface area contributed by atoms with Gasteiger partial charge in [0, 0.05) is 13.0 Å². The molecule has 0 N–H and O–H groups in total. The lowest BCUT2D eigenvalue weighted by atomic mass is 9.92. The fourth-order valence-corrected chi connectivity index (χ4v) is 2.51. The van der Waals surface area contributed by atoms with Crippen LogP contribution in [0.2, 0.25) is 0 Å². The number of ether oxygens (including phenoxy) is 1. The van der Waals surface area contributed by atoms with E-state index in [0.717, 1.165) is 0 Å². The van der Waals surface area contributed by atoms with Crippen LogP contribution in [0.4, 0.5) is 0 Å². The van der Waals surface area contributed by atoms with E-state index in [1.54, 1.807) is 31.2 Å². The minimum Gasteiger partial charge on any atom is -0.465 e. The molecule has 0 aromatic heterocycles. The van der Waals surface area contributed by atoms with Crippen molar-refractivity contribution >= 4 is 18.2 Å². The first-order valence-corrected chi connectivity index (χ1v) is 8.94.